The lowest BCUT2D eigenvalue weighted by Gasteiger charge is -2.51. The molecule has 42 heavy (non-hydrogen) atoms. The fraction of sp³-hybridized carbons (Fsp3) is 0.516. The number of esters is 1. The second-order valence-corrected chi connectivity index (χ2v) is 13.2. The molecule has 1 aliphatic rings. The molecule has 0 aliphatic carbocycles. The summed E-state index contributed by atoms with van der Waals surface area (Å²) in [5.74, 6) is -0.162. The van der Waals surface area contributed by atoms with Crippen LogP contribution in [-0.4, -0.2) is 59.2 Å². The van der Waals surface area contributed by atoms with Crippen LogP contribution < -0.4 is 15.2 Å². The van der Waals surface area contributed by atoms with E-state index in [1.54, 1.807) is 55.1 Å². The first-order valence-corrected chi connectivity index (χ1v) is 14.9. The van der Waals surface area contributed by atoms with Crippen LogP contribution >= 0.6 is 21.1 Å². The highest BCUT2D eigenvalue weighted by Crippen LogP contribution is 2.46. The Morgan fingerprint density at radius 3 is 2.26 bits per heavy atom. The normalized spacial score (nSPS) is 19.1. The fourth-order valence-corrected chi connectivity index (χ4v) is 5.48. The molecule has 9 nitrogen and oxygen atoms in total. The van der Waals surface area contributed by atoms with Crippen molar-refractivity contribution in [3.63, 3.8) is 0 Å². The molecule has 0 aromatic heterocycles. The van der Waals surface area contributed by atoms with Crippen molar-refractivity contribution in [1.82, 2.24) is 15.5 Å². The first kappa shape index (κ1) is 33.6. The second-order valence-electron chi connectivity index (χ2n) is 12.5. The molecular weight excluding hydrogens is 577 g/mol. The van der Waals surface area contributed by atoms with Crippen molar-refractivity contribution in [3.8, 4) is 5.75 Å². The SMILES string of the molecule is CC(C)[C@@H](NC(=O)NCC(C)(C)OC(=O)Cc1ccc(OP)cc1)C(=O)N1CC[C@](O)(c2ccc(Cl)cc2)C(C)(C)C1. The number of carbonyl (C=O) groups excluding carboxylic acids is 3. The van der Waals surface area contributed by atoms with Gasteiger partial charge in [-0.05, 0) is 61.6 Å². The number of amides is 3. The van der Waals surface area contributed by atoms with Gasteiger partial charge >= 0.3 is 12.0 Å². The number of benzene rings is 2. The van der Waals surface area contributed by atoms with Gasteiger partial charge < -0.3 is 29.9 Å². The van der Waals surface area contributed by atoms with Gasteiger partial charge in [-0.25, -0.2) is 4.79 Å². The molecule has 1 fully saturated rings. The van der Waals surface area contributed by atoms with Crippen LogP contribution in [0.15, 0.2) is 48.5 Å². The Morgan fingerprint density at radius 2 is 1.71 bits per heavy atom. The molecule has 0 radical (unpaired) electrons. The van der Waals surface area contributed by atoms with E-state index in [1.807, 2.05) is 39.8 Å². The average Bonchev–Trinajstić information content (AvgIpc) is 2.92. The minimum absolute atomic E-state index is 0.0499. The Morgan fingerprint density at radius 1 is 1.10 bits per heavy atom. The third-order valence-corrected chi connectivity index (χ3v) is 8.30. The first-order chi connectivity index (χ1) is 19.6. The Hall–Kier alpha value is -2.87. The molecule has 11 heteroatoms. The number of halogens is 1. The van der Waals surface area contributed by atoms with Crippen molar-refractivity contribution >= 4 is 39.0 Å². The molecule has 1 heterocycles. The van der Waals surface area contributed by atoms with E-state index in [2.05, 4.69) is 20.1 Å². The van der Waals surface area contributed by atoms with Gasteiger partial charge in [0.1, 0.15) is 17.4 Å². The fourth-order valence-electron chi connectivity index (χ4n) is 5.20. The van der Waals surface area contributed by atoms with Crippen molar-refractivity contribution in [1.29, 1.82) is 0 Å². The highest BCUT2D eigenvalue weighted by Gasteiger charge is 2.50. The lowest BCUT2D eigenvalue weighted by molar-refractivity contribution is -0.155. The standard InChI is InChI=1S/C31H43ClN3O6P/c1-20(2)26(27(37)35-16-15-31(39,29(3,4)19-35)22-9-11-23(32)12-10-22)34-28(38)33-18-30(5,6)40-25(36)17-21-7-13-24(41-42)14-8-21/h7-14,20,26,39H,15-19,42H2,1-6H3,(H2,33,34,38)/t26-,31+/m1/s1. The topological polar surface area (TPSA) is 117 Å². The highest BCUT2D eigenvalue weighted by molar-refractivity contribution is 7.10. The van der Waals surface area contributed by atoms with Crippen molar-refractivity contribution in [2.45, 2.75) is 71.6 Å². The Bertz CT molecular complexity index is 1250. The van der Waals surface area contributed by atoms with Crippen LogP contribution in [0.4, 0.5) is 4.79 Å². The van der Waals surface area contributed by atoms with Gasteiger partial charge in [0.15, 0.2) is 0 Å². The van der Waals surface area contributed by atoms with E-state index in [-0.39, 0.29) is 24.8 Å². The monoisotopic (exact) mass is 619 g/mol. The van der Waals surface area contributed by atoms with Crippen LogP contribution in [0.1, 0.15) is 59.1 Å². The number of carbonyl (C=O) groups is 3. The lowest BCUT2D eigenvalue weighted by atomic mass is 9.66. The zero-order chi connectivity index (χ0) is 31.3. The van der Waals surface area contributed by atoms with Crippen LogP contribution in [0, 0.1) is 11.3 Å². The van der Waals surface area contributed by atoms with Crippen LogP contribution in [0.25, 0.3) is 0 Å². The van der Waals surface area contributed by atoms with Crippen LogP contribution in [-0.2, 0) is 26.3 Å². The predicted molar refractivity (Wildman–Crippen MR) is 166 cm³/mol. The number of ether oxygens (including phenoxy) is 1. The van der Waals surface area contributed by atoms with E-state index in [4.69, 9.17) is 20.9 Å². The van der Waals surface area contributed by atoms with E-state index in [0.29, 0.717) is 30.3 Å². The number of piperidine rings is 1. The minimum Gasteiger partial charge on any atom is -0.480 e. The average molecular weight is 620 g/mol. The minimum atomic E-state index is -1.14. The summed E-state index contributed by atoms with van der Waals surface area (Å²) in [7, 11) is 2.17. The molecule has 3 amide bonds. The number of aliphatic hydroxyl groups is 1. The summed E-state index contributed by atoms with van der Waals surface area (Å²) in [6.45, 7) is 11.7. The van der Waals surface area contributed by atoms with Gasteiger partial charge in [-0.3, -0.25) is 9.59 Å². The van der Waals surface area contributed by atoms with Gasteiger partial charge in [0.05, 0.1) is 28.0 Å². The van der Waals surface area contributed by atoms with Crippen LogP contribution in [0.5, 0.6) is 5.75 Å². The molecule has 230 valence electrons. The van der Waals surface area contributed by atoms with Gasteiger partial charge in [-0.1, -0.05) is 63.6 Å². The number of likely N-dealkylation sites (tertiary alicyclic amines) is 1. The van der Waals surface area contributed by atoms with E-state index in [1.165, 1.54) is 0 Å². The molecule has 1 unspecified atom stereocenters. The Labute approximate surface area is 256 Å². The number of hydrogen-bond acceptors (Lipinski definition) is 6. The van der Waals surface area contributed by atoms with Crippen molar-refractivity contribution in [2.24, 2.45) is 11.3 Å². The molecule has 2 aromatic carbocycles. The molecule has 1 saturated heterocycles. The third-order valence-electron chi connectivity index (χ3n) is 7.77. The summed E-state index contributed by atoms with van der Waals surface area (Å²) in [4.78, 5) is 40.7. The molecule has 2 aromatic rings. The predicted octanol–water partition coefficient (Wildman–Crippen LogP) is 4.84. The van der Waals surface area contributed by atoms with Crippen molar-refractivity contribution in [2.75, 3.05) is 19.6 Å². The van der Waals surface area contributed by atoms with Crippen molar-refractivity contribution in [3.05, 3.63) is 64.7 Å². The number of rotatable bonds is 10. The van der Waals surface area contributed by atoms with Gasteiger partial charge in [0.25, 0.3) is 0 Å². The summed E-state index contributed by atoms with van der Waals surface area (Å²) < 4.78 is 10.7. The largest absolute Gasteiger partial charge is 0.480 e. The maximum atomic E-state index is 13.6. The number of nitrogens with zero attached hydrogens (tertiary/aromatic N) is 1. The van der Waals surface area contributed by atoms with E-state index in [9.17, 15) is 19.5 Å². The lowest BCUT2D eigenvalue weighted by Crippen LogP contribution is -2.61. The maximum absolute atomic E-state index is 13.6. The molecule has 1 aliphatic heterocycles. The summed E-state index contributed by atoms with van der Waals surface area (Å²) in [6.07, 6.45) is 0.426. The maximum Gasteiger partial charge on any atom is 0.315 e. The smallest absolute Gasteiger partial charge is 0.315 e. The van der Waals surface area contributed by atoms with Crippen molar-refractivity contribution < 1.29 is 28.8 Å². The van der Waals surface area contributed by atoms with Crippen LogP contribution in [0.2, 0.25) is 5.02 Å². The molecule has 3 atom stereocenters. The summed E-state index contributed by atoms with van der Waals surface area (Å²) >= 11 is 6.05. The molecular formula is C31H43ClN3O6P. The summed E-state index contributed by atoms with van der Waals surface area (Å²) in [5.41, 5.74) is -1.23. The zero-order valence-corrected chi connectivity index (χ0v) is 27.1. The van der Waals surface area contributed by atoms with Gasteiger partial charge in [-0.2, -0.15) is 0 Å². The summed E-state index contributed by atoms with van der Waals surface area (Å²) in [6, 6.07) is 12.9. The molecule has 0 saturated carbocycles. The summed E-state index contributed by atoms with van der Waals surface area (Å²) in [5, 5.41) is 17.8. The third kappa shape index (κ3) is 8.36. The van der Waals surface area contributed by atoms with Gasteiger partial charge in [-0.15, -0.1) is 0 Å². The van der Waals surface area contributed by atoms with E-state index in [0.717, 1.165) is 11.1 Å². The Balaban J connectivity index is 1.56. The van der Waals surface area contributed by atoms with Gasteiger partial charge in [0, 0.05) is 23.5 Å². The molecule has 3 rings (SSSR count). The number of nitrogens with one attached hydrogen (secondary N) is 2. The van der Waals surface area contributed by atoms with E-state index >= 15 is 0 Å². The number of urea groups is 1. The van der Waals surface area contributed by atoms with Crippen LogP contribution in [0.3, 0.4) is 0 Å². The van der Waals surface area contributed by atoms with E-state index < -0.39 is 34.7 Å². The first-order valence-electron chi connectivity index (χ1n) is 14.1. The number of hydrogen-bond donors (Lipinski definition) is 3. The molecule has 3 N–H and O–H groups in total. The molecule has 0 bridgehead atoms. The highest BCUT2D eigenvalue weighted by atomic mass is 35.5. The van der Waals surface area contributed by atoms with Gasteiger partial charge in [0.2, 0.25) is 5.91 Å². The second kappa shape index (κ2) is 13.6. The molecule has 0 spiro atoms. The Kier molecular flexibility index (Phi) is 10.9. The quantitative estimate of drug-likeness (QED) is 0.259. The zero-order valence-electron chi connectivity index (χ0n) is 25.2.